The second-order valence-electron chi connectivity index (χ2n) is 4.03. The van der Waals surface area contributed by atoms with Crippen LogP contribution in [-0.2, 0) is 4.79 Å². The number of nitrogen functional groups attached to an aromatic ring is 1. The van der Waals surface area contributed by atoms with Crippen LogP contribution in [0.4, 0.5) is 16.3 Å². The van der Waals surface area contributed by atoms with Gasteiger partial charge in [-0.1, -0.05) is 0 Å². The Balaban J connectivity index is 2.07. The summed E-state index contributed by atoms with van der Waals surface area (Å²) in [6.07, 6.45) is 3.63. The van der Waals surface area contributed by atoms with Crippen LogP contribution in [0.15, 0.2) is 24.5 Å². The number of hydrogen-bond acceptors (Lipinski definition) is 4. The molecule has 1 fully saturated rings. The zero-order valence-corrected chi connectivity index (χ0v) is 9.46. The minimum absolute atomic E-state index is 0.260. The van der Waals surface area contributed by atoms with Crippen molar-refractivity contribution < 1.29 is 9.59 Å². The Labute approximate surface area is 102 Å². The third-order valence-corrected chi connectivity index (χ3v) is 2.88. The summed E-state index contributed by atoms with van der Waals surface area (Å²) in [5, 5.41) is 2.27. The number of rotatable bonds is 1. The first-order valence-electron chi connectivity index (χ1n) is 5.50. The molecule has 3 heterocycles. The molecule has 1 saturated heterocycles. The molecule has 0 saturated carbocycles. The second-order valence-corrected chi connectivity index (χ2v) is 4.03. The Hall–Kier alpha value is -2.57. The van der Waals surface area contributed by atoms with E-state index in [1.165, 1.54) is 4.90 Å². The highest BCUT2D eigenvalue weighted by Gasteiger charge is 2.26. The van der Waals surface area contributed by atoms with Gasteiger partial charge in [0.2, 0.25) is 5.91 Å². The first kappa shape index (κ1) is 10.6. The van der Waals surface area contributed by atoms with Crippen molar-refractivity contribution in [2.24, 2.45) is 0 Å². The van der Waals surface area contributed by atoms with Gasteiger partial charge in [-0.05, 0) is 12.1 Å². The topological polar surface area (TPSA) is 92.7 Å². The van der Waals surface area contributed by atoms with Gasteiger partial charge >= 0.3 is 6.03 Å². The number of urea groups is 1. The number of hydrogen-bond donors (Lipinski definition) is 2. The van der Waals surface area contributed by atoms with Crippen LogP contribution in [-0.4, -0.2) is 27.9 Å². The molecule has 2 aromatic rings. The van der Waals surface area contributed by atoms with E-state index >= 15 is 0 Å². The summed E-state index contributed by atoms with van der Waals surface area (Å²) in [5.41, 5.74) is 6.93. The van der Waals surface area contributed by atoms with Crippen molar-refractivity contribution in [3.05, 3.63) is 24.5 Å². The first-order chi connectivity index (χ1) is 8.66. The Bertz CT molecular complexity index is 648. The highest BCUT2D eigenvalue weighted by atomic mass is 16.2. The largest absolute Gasteiger partial charge is 0.396 e. The Morgan fingerprint density at radius 3 is 3.00 bits per heavy atom. The molecule has 0 aliphatic carbocycles. The molecular formula is C11H11N5O2. The minimum atomic E-state index is -0.435. The van der Waals surface area contributed by atoms with Gasteiger partial charge in [0.15, 0.2) is 5.65 Å². The standard InChI is InChI=1S/C11H11N5O2/c12-7-2-1-4-15-9(6-13-10(7)15)16-5-3-8(17)14-11(16)18/h1-2,4,6H,3,5,12H2,(H,14,17,18). The molecule has 3 rings (SSSR count). The molecule has 0 bridgehead atoms. The summed E-state index contributed by atoms with van der Waals surface area (Å²) >= 11 is 0. The maximum Gasteiger partial charge on any atom is 0.329 e. The molecule has 92 valence electrons. The van der Waals surface area contributed by atoms with Gasteiger partial charge in [-0.15, -0.1) is 0 Å². The summed E-state index contributed by atoms with van der Waals surface area (Å²) in [6, 6.07) is 3.09. The maximum atomic E-state index is 11.8. The molecule has 0 aromatic carbocycles. The van der Waals surface area contributed by atoms with Crippen LogP contribution in [0, 0.1) is 0 Å². The van der Waals surface area contributed by atoms with E-state index in [1.807, 2.05) is 0 Å². The Morgan fingerprint density at radius 1 is 1.39 bits per heavy atom. The van der Waals surface area contributed by atoms with Crippen molar-refractivity contribution >= 4 is 29.1 Å². The van der Waals surface area contributed by atoms with Crippen molar-refractivity contribution in [2.45, 2.75) is 6.42 Å². The second kappa shape index (κ2) is 3.73. The monoisotopic (exact) mass is 245 g/mol. The number of aromatic nitrogens is 2. The quantitative estimate of drug-likeness (QED) is 0.758. The Morgan fingerprint density at radius 2 is 2.22 bits per heavy atom. The van der Waals surface area contributed by atoms with Crippen LogP contribution in [0.2, 0.25) is 0 Å². The molecule has 7 nitrogen and oxygen atoms in total. The zero-order chi connectivity index (χ0) is 12.7. The number of nitrogens with two attached hydrogens (primary N) is 1. The summed E-state index contributed by atoms with van der Waals surface area (Å²) in [5.74, 6) is 0.340. The van der Waals surface area contributed by atoms with Crippen molar-refractivity contribution in [1.82, 2.24) is 14.7 Å². The highest BCUT2D eigenvalue weighted by molar-refractivity contribution is 6.05. The smallest absolute Gasteiger partial charge is 0.329 e. The number of nitrogens with zero attached hydrogens (tertiary/aromatic N) is 3. The number of pyridine rings is 1. The van der Waals surface area contributed by atoms with Gasteiger partial charge in [0.05, 0.1) is 11.9 Å². The molecule has 0 atom stereocenters. The minimum Gasteiger partial charge on any atom is -0.396 e. The normalized spacial score (nSPS) is 16.1. The van der Waals surface area contributed by atoms with Gasteiger partial charge in [0.1, 0.15) is 5.82 Å². The third-order valence-electron chi connectivity index (χ3n) is 2.88. The fourth-order valence-electron chi connectivity index (χ4n) is 2.00. The van der Waals surface area contributed by atoms with Gasteiger partial charge in [-0.3, -0.25) is 19.4 Å². The number of amides is 3. The van der Waals surface area contributed by atoms with E-state index < -0.39 is 6.03 Å². The van der Waals surface area contributed by atoms with Crippen LogP contribution < -0.4 is 16.0 Å². The van der Waals surface area contributed by atoms with E-state index in [-0.39, 0.29) is 12.3 Å². The zero-order valence-electron chi connectivity index (χ0n) is 9.46. The summed E-state index contributed by atoms with van der Waals surface area (Å²) in [7, 11) is 0. The predicted octanol–water partition coefficient (Wildman–Crippen LogP) is 0.363. The van der Waals surface area contributed by atoms with Crippen LogP contribution >= 0.6 is 0 Å². The van der Waals surface area contributed by atoms with Gasteiger partial charge in [-0.2, -0.15) is 0 Å². The highest BCUT2D eigenvalue weighted by Crippen LogP contribution is 2.21. The Kier molecular flexibility index (Phi) is 2.19. The molecule has 3 N–H and O–H groups in total. The van der Waals surface area contributed by atoms with Crippen molar-refractivity contribution in [3.8, 4) is 0 Å². The van der Waals surface area contributed by atoms with Gasteiger partial charge < -0.3 is 5.73 Å². The summed E-state index contributed by atoms with van der Waals surface area (Å²) < 4.78 is 1.73. The first-order valence-corrected chi connectivity index (χ1v) is 5.50. The van der Waals surface area contributed by atoms with Crippen LogP contribution in [0.1, 0.15) is 6.42 Å². The molecule has 1 aliphatic rings. The van der Waals surface area contributed by atoms with E-state index in [0.717, 1.165) is 0 Å². The lowest BCUT2D eigenvalue weighted by Gasteiger charge is -2.25. The number of nitrogens with one attached hydrogen (secondary N) is 1. The van der Waals surface area contributed by atoms with Gasteiger partial charge in [-0.25, -0.2) is 9.78 Å². The fourth-order valence-corrected chi connectivity index (χ4v) is 2.00. The number of fused-ring (bicyclic) bond motifs is 1. The van der Waals surface area contributed by atoms with E-state index in [9.17, 15) is 9.59 Å². The number of carbonyl (C=O) groups is 2. The average molecular weight is 245 g/mol. The number of imidazole rings is 1. The maximum absolute atomic E-state index is 11.8. The van der Waals surface area contributed by atoms with E-state index in [2.05, 4.69) is 10.3 Å². The lowest BCUT2D eigenvalue weighted by molar-refractivity contribution is -0.120. The summed E-state index contributed by atoms with van der Waals surface area (Å²) in [4.78, 5) is 28.5. The van der Waals surface area contributed by atoms with E-state index in [1.54, 1.807) is 28.9 Å². The third kappa shape index (κ3) is 1.48. The van der Waals surface area contributed by atoms with Gasteiger partial charge in [0, 0.05) is 19.2 Å². The molecule has 0 radical (unpaired) electrons. The lowest BCUT2D eigenvalue weighted by Crippen LogP contribution is -2.50. The van der Waals surface area contributed by atoms with Crippen molar-refractivity contribution in [1.29, 1.82) is 0 Å². The van der Waals surface area contributed by atoms with E-state index in [0.29, 0.717) is 23.7 Å². The molecule has 18 heavy (non-hydrogen) atoms. The van der Waals surface area contributed by atoms with Crippen molar-refractivity contribution in [2.75, 3.05) is 17.2 Å². The van der Waals surface area contributed by atoms with Crippen LogP contribution in [0.25, 0.3) is 5.65 Å². The molecular weight excluding hydrogens is 234 g/mol. The van der Waals surface area contributed by atoms with Crippen LogP contribution in [0.3, 0.4) is 0 Å². The average Bonchev–Trinajstić information content (AvgIpc) is 2.74. The van der Waals surface area contributed by atoms with Crippen LogP contribution in [0.5, 0.6) is 0 Å². The molecule has 0 unspecified atom stereocenters. The van der Waals surface area contributed by atoms with E-state index in [4.69, 9.17) is 5.73 Å². The molecule has 1 aliphatic heterocycles. The summed E-state index contributed by atoms with van der Waals surface area (Å²) in [6.45, 7) is 0.341. The predicted molar refractivity (Wildman–Crippen MR) is 65.1 cm³/mol. The lowest BCUT2D eigenvalue weighted by atomic mass is 10.3. The van der Waals surface area contributed by atoms with Crippen molar-refractivity contribution in [3.63, 3.8) is 0 Å². The number of carbonyl (C=O) groups excluding carboxylic acids is 2. The molecule has 3 amide bonds. The van der Waals surface area contributed by atoms with Gasteiger partial charge in [0.25, 0.3) is 0 Å². The molecule has 7 heteroatoms. The number of imide groups is 1. The molecule has 0 spiro atoms. The SMILES string of the molecule is Nc1cccn2c(N3CCC(=O)NC3=O)cnc12. The number of anilines is 2. The fraction of sp³-hybridized carbons (Fsp3) is 0.182. The molecule has 2 aromatic heterocycles.